The highest BCUT2D eigenvalue weighted by atomic mass is 16.5. The van der Waals surface area contributed by atoms with Gasteiger partial charge in [-0.3, -0.25) is 9.36 Å². The summed E-state index contributed by atoms with van der Waals surface area (Å²) in [6, 6.07) is 9.76. The Bertz CT molecular complexity index is 661. The van der Waals surface area contributed by atoms with E-state index in [0.717, 1.165) is 13.0 Å². The van der Waals surface area contributed by atoms with Gasteiger partial charge in [-0.1, -0.05) is 36.8 Å². The fourth-order valence-electron chi connectivity index (χ4n) is 3.11. The molecule has 0 aliphatic carbocycles. The topological polar surface area (TPSA) is 47.4 Å². The van der Waals surface area contributed by atoms with Crippen LogP contribution in [-0.4, -0.2) is 46.5 Å². The van der Waals surface area contributed by atoms with Crippen LogP contribution >= 0.6 is 0 Å². The summed E-state index contributed by atoms with van der Waals surface area (Å²) in [5, 5.41) is 0. The van der Waals surface area contributed by atoms with E-state index in [1.54, 1.807) is 10.8 Å². The van der Waals surface area contributed by atoms with E-state index in [9.17, 15) is 4.79 Å². The van der Waals surface area contributed by atoms with Crippen LogP contribution in [0.15, 0.2) is 36.5 Å². The van der Waals surface area contributed by atoms with Crippen molar-refractivity contribution in [2.75, 3.05) is 26.2 Å². The standard InChI is InChI=1S/C19H25N3O2/c1-21-17(18(23)16-9-4-2-5-10-16)15-20-19(21)24-14-8-13-22-11-6-3-7-12-22/h2,4-5,9-10,15H,3,6-8,11-14H2,1H3. The van der Waals surface area contributed by atoms with Crippen LogP contribution in [0.5, 0.6) is 6.01 Å². The zero-order valence-corrected chi connectivity index (χ0v) is 14.3. The molecule has 128 valence electrons. The molecule has 0 amide bonds. The van der Waals surface area contributed by atoms with Crippen molar-refractivity contribution in [3.05, 3.63) is 47.8 Å². The van der Waals surface area contributed by atoms with Gasteiger partial charge in [0.25, 0.3) is 6.01 Å². The maximum Gasteiger partial charge on any atom is 0.296 e. The van der Waals surface area contributed by atoms with Crippen LogP contribution < -0.4 is 4.74 Å². The number of carbonyl (C=O) groups excluding carboxylic acids is 1. The molecule has 2 heterocycles. The number of carbonyl (C=O) groups is 1. The van der Waals surface area contributed by atoms with Gasteiger partial charge < -0.3 is 9.64 Å². The average molecular weight is 327 g/mol. The van der Waals surface area contributed by atoms with E-state index < -0.39 is 0 Å². The van der Waals surface area contributed by atoms with Crippen LogP contribution in [0, 0.1) is 0 Å². The number of likely N-dealkylation sites (tertiary alicyclic amines) is 1. The summed E-state index contributed by atoms with van der Waals surface area (Å²) >= 11 is 0. The van der Waals surface area contributed by atoms with Crippen molar-refractivity contribution in [1.82, 2.24) is 14.5 Å². The Balaban J connectivity index is 1.52. The van der Waals surface area contributed by atoms with Crippen LogP contribution in [-0.2, 0) is 7.05 Å². The molecule has 0 saturated carbocycles. The molecular formula is C19H25N3O2. The molecule has 0 N–H and O–H groups in total. The summed E-state index contributed by atoms with van der Waals surface area (Å²) in [5.41, 5.74) is 1.21. The van der Waals surface area contributed by atoms with Gasteiger partial charge in [0.2, 0.25) is 5.78 Å². The Labute approximate surface area is 143 Å². The van der Waals surface area contributed by atoms with Crippen LogP contribution in [0.25, 0.3) is 0 Å². The van der Waals surface area contributed by atoms with Crippen LogP contribution in [0.1, 0.15) is 41.7 Å². The van der Waals surface area contributed by atoms with Gasteiger partial charge in [-0.05, 0) is 32.4 Å². The molecule has 5 nitrogen and oxygen atoms in total. The first-order valence-corrected chi connectivity index (χ1v) is 8.72. The molecule has 1 aromatic heterocycles. The lowest BCUT2D eigenvalue weighted by Crippen LogP contribution is -2.31. The molecule has 1 aliphatic rings. The SMILES string of the molecule is Cn1c(C(=O)c2ccccc2)cnc1OCCCN1CCCCC1. The molecule has 2 aromatic rings. The largest absolute Gasteiger partial charge is 0.465 e. The number of hydrogen-bond donors (Lipinski definition) is 0. The number of imidazole rings is 1. The van der Waals surface area contributed by atoms with Crippen molar-refractivity contribution in [2.24, 2.45) is 7.05 Å². The van der Waals surface area contributed by atoms with Gasteiger partial charge in [-0.25, -0.2) is 4.98 Å². The number of nitrogens with zero attached hydrogens (tertiary/aromatic N) is 3. The summed E-state index contributed by atoms with van der Waals surface area (Å²) in [6.45, 7) is 4.11. The van der Waals surface area contributed by atoms with E-state index in [2.05, 4.69) is 9.88 Å². The summed E-state index contributed by atoms with van der Waals surface area (Å²) in [4.78, 5) is 19.2. The number of benzene rings is 1. The minimum absolute atomic E-state index is 0.0335. The van der Waals surface area contributed by atoms with Crippen molar-refractivity contribution in [3.63, 3.8) is 0 Å². The van der Waals surface area contributed by atoms with E-state index >= 15 is 0 Å². The summed E-state index contributed by atoms with van der Waals surface area (Å²) in [5.74, 6) is -0.0335. The molecule has 1 fully saturated rings. The van der Waals surface area contributed by atoms with Gasteiger partial charge in [-0.2, -0.15) is 0 Å². The molecule has 0 atom stereocenters. The lowest BCUT2D eigenvalue weighted by molar-refractivity contribution is 0.103. The van der Waals surface area contributed by atoms with Crippen molar-refractivity contribution >= 4 is 5.78 Å². The fraction of sp³-hybridized carbons (Fsp3) is 0.474. The molecule has 0 bridgehead atoms. The smallest absolute Gasteiger partial charge is 0.296 e. The Morgan fingerprint density at radius 1 is 1.17 bits per heavy atom. The molecule has 1 aliphatic heterocycles. The Hall–Kier alpha value is -2.14. The zero-order valence-electron chi connectivity index (χ0n) is 14.3. The minimum Gasteiger partial charge on any atom is -0.465 e. The predicted octanol–water partition coefficient (Wildman–Crippen LogP) is 2.91. The number of rotatable bonds is 7. The highest BCUT2D eigenvalue weighted by molar-refractivity contribution is 6.07. The monoisotopic (exact) mass is 327 g/mol. The van der Waals surface area contributed by atoms with Crippen molar-refractivity contribution in [3.8, 4) is 6.01 Å². The third-order valence-electron chi connectivity index (χ3n) is 4.51. The van der Waals surface area contributed by atoms with Gasteiger partial charge in [0.1, 0.15) is 5.69 Å². The fourth-order valence-corrected chi connectivity index (χ4v) is 3.11. The number of aromatic nitrogens is 2. The van der Waals surface area contributed by atoms with E-state index in [1.807, 2.05) is 37.4 Å². The maximum atomic E-state index is 12.5. The predicted molar refractivity (Wildman–Crippen MR) is 93.5 cm³/mol. The lowest BCUT2D eigenvalue weighted by atomic mass is 10.1. The number of ether oxygens (including phenoxy) is 1. The maximum absolute atomic E-state index is 12.5. The Morgan fingerprint density at radius 2 is 1.92 bits per heavy atom. The van der Waals surface area contributed by atoms with Crippen LogP contribution in [0.2, 0.25) is 0 Å². The number of hydrogen-bond acceptors (Lipinski definition) is 4. The second kappa shape index (κ2) is 8.11. The first kappa shape index (κ1) is 16.7. The lowest BCUT2D eigenvalue weighted by Gasteiger charge is -2.26. The van der Waals surface area contributed by atoms with Crippen molar-refractivity contribution in [2.45, 2.75) is 25.7 Å². The molecule has 5 heteroatoms. The van der Waals surface area contributed by atoms with Crippen molar-refractivity contribution < 1.29 is 9.53 Å². The summed E-state index contributed by atoms with van der Waals surface area (Å²) < 4.78 is 7.50. The highest BCUT2D eigenvalue weighted by Gasteiger charge is 2.16. The summed E-state index contributed by atoms with van der Waals surface area (Å²) in [6.07, 6.45) is 6.55. The molecule has 0 radical (unpaired) electrons. The van der Waals surface area contributed by atoms with Crippen LogP contribution in [0.4, 0.5) is 0 Å². The first-order valence-electron chi connectivity index (χ1n) is 8.72. The second-order valence-corrected chi connectivity index (χ2v) is 6.28. The van der Waals surface area contributed by atoms with Gasteiger partial charge in [0.05, 0.1) is 12.8 Å². The van der Waals surface area contributed by atoms with E-state index in [1.165, 1.54) is 32.4 Å². The molecule has 3 rings (SSSR count). The number of ketones is 1. The summed E-state index contributed by atoms with van der Waals surface area (Å²) in [7, 11) is 1.82. The van der Waals surface area contributed by atoms with Crippen LogP contribution in [0.3, 0.4) is 0 Å². The second-order valence-electron chi connectivity index (χ2n) is 6.28. The van der Waals surface area contributed by atoms with Gasteiger partial charge in [0.15, 0.2) is 0 Å². The zero-order chi connectivity index (χ0) is 16.8. The first-order chi connectivity index (χ1) is 11.8. The molecule has 0 unspecified atom stereocenters. The average Bonchev–Trinajstić information content (AvgIpc) is 3.00. The Kier molecular flexibility index (Phi) is 5.64. The highest BCUT2D eigenvalue weighted by Crippen LogP contribution is 2.15. The molecule has 1 saturated heterocycles. The molecule has 0 spiro atoms. The van der Waals surface area contributed by atoms with E-state index in [-0.39, 0.29) is 5.78 Å². The van der Waals surface area contributed by atoms with E-state index in [4.69, 9.17) is 4.74 Å². The normalized spacial score (nSPS) is 15.4. The Morgan fingerprint density at radius 3 is 2.67 bits per heavy atom. The van der Waals surface area contributed by atoms with E-state index in [0.29, 0.717) is 23.9 Å². The third-order valence-corrected chi connectivity index (χ3v) is 4.51. The van der Waals surface area contributed by atoms with Gasteiger partial charge >= 0.3 is 0 Å². The molecule has 24 heavy (non-hydrogen) atoms. The quantitative estimate of drug-likeness (QED) is 0.579. The van der Waals surface area contributed by atoms with Crippen molar-refractivity contribution in [1.29, 1.82) is 0 Å². The van der Waals surface area contributed by atoms with Gasteiger partial charge in [0, 0.05) is 19.2 Å². The molecular weight excluding hydrogens is 302 g/mol. The molecule has 1 aromatic carbocycles. The third kappa shape index (κ3) is 4.03. The van der Waals surface area contributed by atoms with Gasteiger partial charge in [-0.15, -0.1) is 0 Å². The number of piperidine rings is 1. The minimum atomic E-state index is -0.0335.